The summed E-state index contributed by atoms with van der Waals surface area (Å²) in [5.74, 6) is -2.31. The second kappa shape index (κ2) is 12.9. The van der Waals surface area contributed by atoms with Crippen LogP contribution in [0, 0.1) is 24.1 Å². The van der Waals surface area contributed by atoms with Gasteiger partial charge in [0.25, 0.3) is 0 Å². The molecule has 1 aromatic carbocycles. The Morgan fingerprint density at radius 3 is 2.52 bits per heavy atom. The molecule has 2 atom stereocenters. The Balaban J connectivity index is 1.83. The Morgan fingerprint density at radius 2 is 1.91 bits per heavy atom. The van der Waals surface area contributed by atoms with Crippen molar-refractivity contribution in [2.24, 2.45) is 0 Å². The third kappa shape index (κ3) is 5.44. The molecule has 0 aliphatic carbocycles. The van der Waals surface area contributed by atoms with E-state index in [-0.39, 0.29) is 55.6 Å². The van der Waals surface area contributed by atoms with Gasteiger partial charge < -0.3 is 20.0 Å². The van der Waals surface area contributed by atoms with Crippen LogP contribution >= 0.6 is 46.4 Å². The predicted octanol–water partition coefficient (Wildman–Crippen LogP) is 7.46. The number of aliphatic hydroxyl groups excluding tert-OH is 1. The van der Waals surface area contributed by atoms with E-state index in [4.69, 9.17) is 51.4 Å². The van der Waals surface area contributed by atoms with Crippen molar-refractivity contribution in [1.29, 1.82) is 5.26 Å². The summed E-state index contributed by atoms with van der Waals surface area (Å²) < 4.78 is 15.0. The Bertz CT molecular complexity index is 1830. The summed E-state index contributed by atoms with van der Waals surface area (Å²) in [4.78, 5) is 26.9. The Labute approximate surface area is 285 Å². The van der Waals surface area contributed by atoms with Gasteiger partial charge in [-0.1, -0.05) is 66.8 Å². The van der Waals surface area contributed by atoms with Crippen molar-refractivity contribution in [2.45, 2.75) is 45.9 Å². The summed E-state index contributed by atoms with van der Waals surface area (Å²) in [6.45, 7) is 12.2. The largest absolute Gasteiger partial charge is 0.504 e. The highest BCUT2D eigenvalue weighted by atomic mass is 35.5. The molecule has 2 aromatic heterocycles. The maximum atomic E-state index is 15.0. The molecule has 14 heteroatoms. The van der Waals surface area contributed by atoms with Gasteiger partial charge in [-0.05, 0) is 43.5 Å². The number of fused-ring (bicyclic) bond motifs is 1. The number of halogens is 5. The summed E-state index contributed by atoms with van der Waals surface area (Å²) in [6.07, 6.45) is 1.36. The van der Waals surface area contributed by atoms with Gasteiger partial charge in [0.05, 0.1) is 43.4 Å². The molecule has 46 heavy (non-hydrogen) atoms. The highest BCUT2D eigenvalue weighted by Gasteiger charge is 2.41. The van der Waals surface area contributed by atoms with Crippen molar-refractivity contribution < 1.29 is 19.4 Å². The first-order valence-electron chi connectivity index (χ1n) is 14.3. The van der Waals surface area contributed by atoms with Crippen LogP contribution in [0.25, 0.3) is 17.0 Å². The molecule has 5 rings (SSSR count). The lowest BCUT2D eigenvalue weighted by Crippen LogP contribution is -2.54. The van der Waals surface area contributed by atoms with E-state index in [0.717, 1.165) is 5.56 Å². The second-order valence-corrected chi connectivity index (χ2v) is 12.9. The molecule has 9 nitrogen and oxygen atoms in total. The smallest absolute Gasteiger partial charge is 0.246 e. The third-order valence-electron chi connectivity index (χ3n) is 8.14. The van der Waals surface area contributed by atoms with Crippen LogP contribution in [0.3, 0.4) is 0 Å². The van der Waals surface area contributed by atoms with Crippen LogP contribution in [0.5, 0.6) is 5.75 Å². The van der Waals surface area contributed by atoms with Gasteiger partial charge in [0, 0.05) is 37.4 Å². The van der Waals surface area contributed by atoms with E-state index in [2.05, 4.69) is 17.6 Å². The minimum absolute atomic E-state index is 0.0215. The normalized spacial score (nSPS) is 18.2. The second-order valence-electron chi connectivity index (χ2n) is 11.3. The molecule has 2 N–H and O–H groups in total. The number of aromatic nitrogens is 2. The zero-order valence-corrected chi connectivity index (χ0v) is 28.3. The molecule has 0 radical (unpaired) electrons. The number of pyridine rings is 2. The van der Waals surface area contributed by atoms with Crippen LogP contribution in [-0.4, -0.2) is 67.8 Å². The molecule has 1 fully saturated rings. The fraction of sp³-hybridized carbons (Fsp3) is 0.312. The highest BCUT2D eigenvalue weighted by molar-refractivity contribution is 6.49. The average molecular weight is 706 g/mol. The summed E-state index contributed by atoms with van der Waals surface area (Å²) in [7, 11) is 0. The van der Waals surface area contributed by atoms with Gasteiger partial charge in [0.2, 0.25) is 5.91 Å². The zero-order valence-electron chi connectivity index (χ0n) is 25.2. The lowest BCUT2D eigenvalue weighted by atomic mass is 9.94. The van der Waals surface area contributed by atoms with Crippen LogP contribution in [0.4, 0.5) is 15.9 Å². The number of nitriles is 1. The number of carbonyl (C=O) groups excluding carboxylic acids is 1. The number of amides is 1. The molecule has 1 amide bonds. The van der Waals surface area contributed by atoms with Crippen molar-refractivity contribution >= 4 is 69.5 Å². The number of nitrogens with zero attached hydrogens (tertiary/aromatic N) is 6. The summed E-state index contributed by atoms with van der Waals surface area (Å²) in [5.41, 5.74) is 2.18. The van der Waals surface area contributed by atoms with Gasteiger partial charge in [0.1, 0.15) is 22.5 Å². The van der Waals surface area contributed by atoms with Crippen molar-refractivity contribution in [3.8, 4) is 23.1 Å². The first-order valence-corrected chi connectivity index (χ1v) is 15.8. The van der Waals surface area contributed by atoms with Gasteiger partial charge >= 0.3 is 0 Å². The van der Waals surface area contributed by atoms with Crippen molar-refractivity contribution in [2.75, 3.05) is 24.5 Å². The van der Waals surface area contributed by atoms with E-state index >= 15 is 4.39 Å². The molecule has 2 aliphatic rings. The molecular weight excluding hydrogens is 677 g/mol. The number of phenols is 1. The van der Waals surface area contributed by atoms with Gasteiger partial charge in [-0.25, -0.2) is 9.37 Å². The zero-order chi connectivity index (χ0) is 33.8. The molecule has 1 unspecified atom stereocenters. The van der Waals surface area contributed by atoms with Crippen LogP contribution < -0.4 is 4.90 Å². The molecule has 0 saturated carbocycles. The first kappa shape index (κ1) is 33.8. The van der Waals surface area contributed by atoms with Crippen molar-refractivity contribution in [1.82, 2.24) is 19.8 Å². The Hall–Kier alpha value is -3.59. The van der Waals surface area contributed by atoms with E-state index < -0.39 is 22.8 Å². The van der Waals surface area contributed by atoms with E-state index in [1.54, 1.807) is 17.2 Å². The van der Waals surface area contributed by atoms with E-state index in [1.165, 1.54) is 17.0 Å². The topological polar surface area (TPSA) is 117 Å². The van der Waals surface area contributed by atoms with Gasteiger partial charge in [-0.2, -0.15) is 5.26 Å². The lowest BCUT2D eigenvalue weighted by molar-refractivity contribution is -0.129. The van der Waals surface area contributed by atoms with Gasteiger partial charge in [0.15, 0.2) is 17.8 Å². The number of benzene rings is 1. The van der Waals surface area contributed by atoms with E-state index in [1.807, 2.05) is 32.6 Å². The quantitative estimate of drug-likeness (QED) is 0.160. The summed E-state index contributed by atoms with van der Waals surface area (Å²) in [6, 6.07) is 5.21. The van der Waals surface area contributed by atoms with E-state index in [9.17, 15) is 20.3 Å². The number of hydrogen-bond donors (Lipinski definition) is 2. The average Bonchev–Trinajstić information content (AvgIpc) is 3.02. The molecule has 3 aromatic rings. The summed E-state index contributed by atoms with van der Waals surface area (Å²) in [5, 5.41) is 32.1. The number of anilines is 2. The van der Waals surface area contributed by atoms with Crippen LogP contribution in [0.2, 0.25) is 20.1 Å². The van der Waals surface area contributed by atoms with E-state index in [0.29, 0.717) is 42.3 Å². The molecule has 2 aliphatic heterocycles. The van der Waals surface area contributed by atoms with Crippen LogP contribution in [0.15, 0.2) is 36.6 Å². The van der Waals surface area contributed by atoms with Crippen LogP contribution in [0.1, 0.15) is 43.5 Å². The molecule has 0 spiro atoms. The summed E-state index contributed by atoms with van der Waals surface area (Å²) >= 11 is 25.5. The molecular formula is C32H29Cl4FN6O3. The number of piperazine rings is 1. The first-order chi connectivity index (χ1) is 21.7. The fourth-order valence-electron chi connectivity index (χ4n) is 5.95. The van der Waals surface area contributed by atoms with Gasteiger partial charge in [-0.15, -0.1) is 0 Å². The SMILES string of the molecule is C=CC(=O)N1CCN(C2=C(C#N)C(O)N(c3c(C)ccnc3C(C)C)c3nc(-c4c(O)c(F)c(Cl)c(Cl)c4Cl)c(Cl)cc32)C[C@H]1C. The number of rotatable bonds is 5. The fourth-order valence-corrected chi connectivity index (χ4v) is 6.88. The monoisotopic (exact) mass is 704 g/mol. The third-order valence-corrected chi connectivity index (χ3v) is 9.73. The lowest BCUT2D eigenvalue weighted by Gasteiger charge is -2.45. The Kier molecular flexibility index (Phi) is 9.47. The molecule has 1 saturated heterocycles. The number of phenolic OH excluding ortho intramolecular Hbond substituents is 1. The standard InChI is InChI=1S/C32H29Cl4FN6O3/c1-6-20(44)42-10-9-41(13-16(42)5)29-17-11-19(33)27(21-22(34)23(35)24(36)25(37)30(21)45)40-31(17)43(32(46)18(29)12-38)28-15(4)7-8-39-26(28)14(2)3/h6-8,11,14,16,32,45-46H,1,9-10,13H2,2-5H3/t16-,32?/m1/s1. The maximum Gasteiger partial charge on any atom is 0.246 e. The van der Waals surface area contributed by atoms with Gasteiger partial charge in [-0.3, -0.25) is 14.7 Å². The van der Waals surface area contributed by atoms with Crippen molar-refractivity contribution in [3.63, 3.8) is 0 Å². The number of aliphatic hydroxyl groups is 1. The predicted molar refractivity (Wildman–Crippen MR) is 178 cm³/mol. The number of aryl methyl sites for hydroxylation is 1. The Morgan fingerprint density at radius 1 is 1.22 bits per heavy atom. The highest BCUT2D eigenvalue weighted by Crippen LogP contribution is 2.51. The molecule has 0 bridgehead atoms. The minimum atomic E-state index is -1.55. The number of aromatic hydroxyl groups is 1. The molecule has 240 valence electrons. The maximum absolute atomic E-state index is 15.0. The number of carbonyl (C=O) groups is 1. The minimum Gasteiger partial charge on any atom is -0.504 e. The van der Waals surface area contributed by atoms with Crippen molar-refractivity contribution in [3.05, 3.63) is 79.3 Å². The molecule has 4 heterocycles. The number of hydrogen-bond acceptors (Lipinski definition) is 8. The van der Waals surface area contributed by atoms with Crippen LogP contribution in [-0.2, 0) is 4.79 Å².